The van der Waals surface area contributed by atoms with Gasteiger partial charge in [-0.1, -0.05) is 0 Å². The maximum absolute atomic E-state index is 6.58. The third kappa shape index (κ3) is 5.36. The van der Waals surface area contributed by atoms with Gasteiger partial charge >= 0.3 is 0 Å². The molecule has 0 saturated carbocycles. The summed E-state index contributed by atoms with van der Waals surface area (Å²) in [5.74, 6) is 0. The second kappa shape index (κ2) is 5.62. The first-order chi connectivity index (χ1) is 4.31. The number of hydrazone groups is 1. The van der Waals surface area contributed by atoms with Crippen LogP contribution in [0, 0.1) is 5.41 Å². The molecule has 0 fully saturated rings. The van der Waals surface area contributed by atoms with Gasteiger partial charge in [0.1, 0.15) is 0 Å². The Bertz CT molecular complexity index is 102. The Morgan fingerprint density at radius 3 is 2.89 bits per heavy atom. The first-order valence-electron chi connectivity index (χ1n) is 2.61. The Morgan fingerprint density at radius 2 is 2.44 bits per heavy atom. The molecule has 0 amide bonds. The lowest BCUT2D eigenvalue weighted by molar-refractivity contribution is 0.742. The van der Waals surface area contributed by atoms with Gasteiger partial charge in [0, 0.05) is 6.21 Å². The third-order valence-electron chi connectivity index (χ3n) is 0.759. The summed E-state index contributed by atoms with van der Waals surface area (Å²) in [5, 5.41) is 10.6. The van der Waals surface area contributed by atoms with Crippen LogP contribution in [0.5, 0.6) is 0 Å². The van der Waals surface area contributed by atoms with Crippen LogP contribution in [0.1, 0.15) is 6.92 Å². The van der Waals surface area contributed by atoms with Gasteiger partial charge in [-0.15, -0.1) is 11.8 Å². The highest BCUT2D eigenvalue weighted by atomic mass is 32.2. The van der Waals surface area contributed by atoms with Crippen molar-refractivity contribution in [2.24, 2.45) is 5.10 Å². The monoisotopic (exact) mass is 145 g/mol. The van der Waals surface area contributed by atoms with Gasteiger partial charge in [-0.25, -0.2) is 0 Å². The molecule has 0 aromatic heterocycles. The summed E-state index contributed by atoms with van der Waals surface area (Å²) in [6, 6.07) is 0. The van der Waals surface area contributed by atoms with Gasteiger partial charge in [0.15, 0.2) is 0 Å². The molecule has 0 rings (SSSR count). The van der Waals surface area contributed by atoms with Crippen LogP contribution in [0.2, 0.25) is 0 Å². The topological polar surface area (TPSA) is 48.2 Å². The first kappa shape index (κ1) is 8.49. The normalized spacial score (nSPS) is 13.6. The number of nitrogens with zero attached hydrogens (tertiary/aromatic N) is 1. The molecule has 2 N–H and O–H groups in total. The molecule has 3 nitrogen and oxygen atoms in total. The molecule has 0 aliphatic carbocycles. The molecule has 4 heteroatoms. The molecule has 0 spiro atoms. The van der Waals surface area contributed by atoms with E-state index in [1.807, 2.05) is 13.2 Å². The zero-order chi connectivity index (χ0) is 7.11. The van der Waals surface area contributed by atoms with E-state index in [-0.39, 0.29) is 0 Å². The lowest BCUT2D eigenvalue weighted by Gasteiger charge is -2.04. The van der Waals surface area contributed by atoms with Crippen LogP contribution < -0.4 is 5.43 Å². The van der Waals surface area contributed by atoms with Crippen molar-refractivity contribution in [3.05, 3.63) is 0 Å². The quantitative estimate of drug-likeness (QED) is 0.351. The minimum Gasteiger partial charge on any atom is -0.307 e. The smallest absolute Gasteiger partial charge is 0.0861 e. The molecule has 0 aromatic rings. The van der Waals surface area contributed by atoms with Gasteiger partial charge in [-0.2, -0.15) is 5.10 Å². The van der Waals surface area contributed by atoms with Crippen LogP contribution in [-0.4, -0.2) is 24.1 Å². The highest BCUT2D eigenvalue weighted by Crippen LogP contribution is 1.98. The largest absolute Gasteiger partial charge is 0.307 e. The molecule has 0 aliphatic heterocycles. The number of hydrogen-bond acceptors (Lipinski definition) is 4. The predicted molar refractivity (Wildman–Crippen MR) is 43.4 cm³/mol. The van der Waals surface area contributed by atoms with Gasteiger partial charge in [0.25, 0.3) is 0 Å². The highest BCUT2D eigenvalue weighted by Gasteiger charge is 1.90. The Hall–Kier alpha value is -0.510. The summed E-state index contributed by atoms with van der Waals surface area (Å²) in [5.41, 5.74) is 2.81. The lowest BCUT2D eigenvalue weighted by atomic mass is 10.8. The van der Waals surface area contributed by atoms with Gasteiger partial charge in [0.05, 0.1) is 11.6 Å². The molecular weight excluding hydrogens is 134 g/mol. The van der Waals surface area contributed by atoms with E-state index >= 15 is 0 Å². The van der Waals surface area contributed by atoms with E-state index in [4.69, 9.17) is 5.41 Å². The van der Waals surface area contributed by atoms with E-state index in [1.165, 1.54) is 6.21 Å². The van der Waals surface area contributed by atoms with Crippen molar-refractivity contribution >= 4 is 24.2 Å². The summed E-state index contributed by atoms with van der Waals surface area (Å²) < 4.78 is 0. The highest BCUT2D eigenvalue weighted by molar-refractivity contribution is 7.99. The lowest BCUT2D eigenvalue weighted by Crippen LogP contribution is -2.15. The molecule has 0 radical (unpaired) electrons. The Kier molecular flexibility index (Phi) is 5.30. The van der Waals surface area contributed by atoms with Crippen LogP contribution in [0.25, 0.3) is 0 Å². The fourth-order valence-corrected chi connectivity index (χ4v) is 0.404. The number of rotatable bonds is 4. The number of thioether (sulfide) groups is 1. The van der Waals surface area contributed by atoms with E-state index < -0.39 is 0 Å². The SMILES string of the molecule is CSC(C)N/N=C/C=N. The molecule has 0 bridgehead atoms. The van der Waals surface area contributed by atoms with E-state index in [2.05, 4.69) is 10.5 Å². The zero-order valence-electron chi connectivity index (χ0n) is 5.59. The van der Waals surface area contributed by atoms with Crippen molar-refractivity contribution in [2.45, 2.75) is 12.3 Å². The number of hydrogen-bond donors (Lipinski definition) is 2. The van der Waals surface area contributed by atoms with Crippen LogP contribution >= 0.6 is 11.8 Å². The summed E-state index contributed by atoms with van der Waals surface area (Å²) >= 11 is 1.68. The summed E-state index contributed by atoms with van der Waals surface area (Å²) in [6.45, 7) is 2.01. The van der Waals surface area contributed by atoms with Crippen molar-refractivity contribution in [1.82, 2.24) is 5.43 Å². The summed E-state index contributed by atoms with van der Waals surface area (Å²) in [6.07, 6.45) is 4.55. The van der Waals surface area contributed by atoms with Crippen molar-refractivity contribution in [2.75, 3.05) is 6.26 Å². The van der Waals surface area contributed by atoms with E-state index in [1.54, 1.807) is 11.8 Å². The summed E-state index contributed by atoms with van der Waals surface area (Å²) in [7, 11) is 0. The van der Waals surface area contributed by atoms with Crippen LogP contribution in [0.3, 0.4) is 0 Å². The summed E-state index contributed by atoms with van der Waals surface area (Å²) in [4.78, 5) is 0. The average Bonchev–Trinajstić information content (AvgIpc) is 1.89. The third-order valence-corrected chi connectivity index (χ3v) is 1.57. The van der Waals surface area contributed by atoms with Gasteiger partial charge in [0.2, 0.25) is 0 Å². The molecule has 1 unspecified atom stereocenters. The van der Waals surface area contributed by atoms with Crippen molar-refractivity contribution in [3.63, 3.8) is 0 Å². The minimum atomic E-state index is 0.321. The van der Waals surface area contributed by atoms with E-state index in [0.29, 0.717) is 5.37 Å². The van der Waals surface area contributed by atoms with E-state index in [9.17, 15) is 0 Å². The van der Waals surface area contributed by atoms with Crippen LogP contribution in [0.4, 0.5) is 0 Å². The predicted octanol–water partition coefficient (Wildman–Crippen LogP) is 0.920. The van der Waals surface area contributed by atoms with Crippen LogP contribution in [0.15, 0.2) is 5.10 Å². The van der Waals surface area contributed by atoms with Crippen molar-refractivity contribution < 1.29 is 0 Å². The van der Waals surface area contributed by atoms with Gasteiger partial charge in [-0.05, 0) is 13.2 Å². The fraction of sp³-hybridized carbons (Fsp3) is 0.600. The number of nitrogens with one attached hydrogen (secondary N) is 2. The molecule has 0 aliphatic rings. The second-order valence-corrected chi connectivity index (χ2v) is 2.63. The van der Waals surface area contributed by atoms with Crippen LogP contribution in [-0.2, 0) is 0 Å². The zero-order valence-corrected chi connectivity index (χ0v) is 6.40. The van der Waals surface area contributed by atoms with Crippen molar-refractivity contribution in [3.8, 4) is 0 Å². The van der Waals surface area contributed by atoms with Gasteiger partial charge < -0.3 is 5.41 Å². The Balaban J connectivity index is 3.25. The maximum atomic E-state index is 6.58. The molecular formula is C5H11N3S. The Morgan fingerprint density at radius 1 is 1.78 bits per heavy atom. The molecule has 52 valence electrons. The van der Waals surface area contributed by atoms with Crippen molar-refractivity contribution in [1.29, 1.82) is 5.41 Å². The maximum Gasteiger partial charge on any atom is 0.0861 e. The van der Waals surface area contributed by atoms with E-state index in [0.717, 1.165) is 6.21 Å². The molecule has 0 saturated heterocycles. The standard InChI is InChI=1S/C5H11N3S/c1-5(9-2)8-7-4-3-6/h3-6,8H,1-2H3/b6-3?,7-4+. The minimum absolute atomic E-state index is 0.321. The first-order valence-corrected chi connectivity index (χ1v) is 3.90. The second-order valence-electron chi connectivity index (χ2n) is 1.45. The molecule has 0 heterocycles. The van der Waals surface area contributed by atoms with Gasteiger partial charge in [-0.3, -0.25) is 5.43 Å². The molecule has 1 atom stereocenters. The fourth-order valence-electron chi connectivity index (χ4n) is 0.238. The molecule has 0 aromatic carbocycles. The average molecular weight is 145 g/mol. The molecule has 9 heavy (non-hydrogen) atoms. The Labute approximate surface area is 59.4 Å².